The first-order chi connectivity index (χ1) is 12.5. The first kappa shape index (κ1) is 17.9. The fraction of sp³-hybridized carbons (Fsp3) is 0.105. The van der Waals surface area contributed by atoms with Crippen molar-refractivity contribution >= 4 is 15.7 Å². The molecule has 3 rings (SSSR count). The molecule has 0 unspecified atom stereocenters. The number of nitrogens with one attached hydrogen (secondary N) is 1. The van der Waals surface area contributed by atoms with Gasteiger partial charge in [-0.05, 0) is 36.4 Å². The van der Waals surface area contributed by atoms with Gasteiger partial charge < -0.3 is 9.73 Å². The Labute approximate surface area is 150 Å². The molecule has 1 amide bonds. The van der Waals surface area contributed by atoms with E-state index < -0.39 is 26.8 Å². The van der Waals surface area contributed by atoms with Gasteiger partial charge in [0.1, 0.15) is 16.8 Å². The third kappa shape index (κ3) is 3.67. The van der Waals surface area contributed by atoms with Crippen LogP contribution in [-0.2, 0) is 9.84 Å². The normalized spacial score (nSPS) is 12.5. The maximum absolute atomic E-state index is 13.7. The fourth-order valence-electron chi connectivity index (χ4n) is 2.54. The van der Waals surface area contributed by atoms with Crippen LogP contribution in [0, 0.1) is 5.82 Å². The highest BCUT2D eigenvalue weighted by atomic mass is 32.2. The highest BCUT2D eigenvalue weighted by Gasteiger charge is 2.32. The van der Waals surface area contributed by atoms with E-state index in [-0.39, 0.29) is 22.8 Å². The van der Waals surface area contributed by atoms with E-state index in [0.717, 1.165) is 0 Å². The standard InChI is InChI=1S/C19H16FNO4S/c20-16-10-5-4-9-15(16)19(22)21-13-18(17-11-6-12-25-17)26(23,24)14-7-2-1-3-8-14/h1-12,18H,13H2,(H,21,22)/t18-/m0/s1. The largest absolute Gasteiger partial charge is 0.468 e. The third-order valence-corrected chi connectivity index (χ3v) is 5.95. The molecule has 0 bridgehead atoms. The minimum Gasteiger partial charge on any atom is -0.468 e. The maximum atomic E-state index is 13.7. The molecule has 0 aliphatic heterocycles. The van der Waals surface area contributed by atoms with Crippen molar-refractivity contribution in [2.24, 2.45) is 0 Å². The topological polar surface area (TPSA) is 76.4 Å². The quantitative estimate of drug-likeness (QED) is 0.719. The lowest BCUT2D eigenvalue weighted by molar-refractivity contribution is 0.0949. The molecular weight excluding hydrogens is 357 g/mol. The van der Waals surface area contributed by atoms with E-state index in [1.165, 1.54) is 48.7 Å². The molecule has 0 fully saturated rings. The molecule has 0 radical (unpaired) electrons. The SMILES string of the molecule is O=C(NC[C@@H](c1ccco1)S(=O)(=O)c1ccccc1)c1ccccc1F. The Hall–Kier alpha value is -2.93. The summed E-state index contributed by atoms with van der Waals surface area (Å²) in [5, 5.41) is 1.36. The van der Waals surface area contributed by atoms with Gasteiger partial charge >= 0.3 is 0 Å². The summed E-state index contributed by atoms with van der Waals surface area (Å²) < 4.78 is 44.9. The lowest BCUT2D eigenvalue weighted by Crippen LogP contribution is -2.32. The van der Waals surface area contributed by atoms with Crippen LogP contribution in [0.3, 0.4) is 0 Å². The number of carbonyl (C=O) groups is 1. The second kappa shape index (κ2) is 7.53. The summed E-state index contributed by atoms with van der Waals surface area (Å²) in [4.78, 5) is 12.3. The lowest BCUT2D eigenvalue weighted by atomic mass is 10.2. The molecule has 0 aliphatic rings. The molecule has 1 heterocycles. The molecule has 1 aromatic heterocycles. The molecule has 5 nitrogen and oxygen atoms in total. The second-order valence-corrected chi connectivity index (χ2v) is 7.68. The predicted molar refractivity (Wildman–Crippen MR) is 93.8 cm³/mol. The summed E-state index contributed by atoms with van der Waals surface area (Å²) in [5.74, 6) is -1.17. The van der Waals surface area contributed by atoms with Crippen molar-refractivity contribution in [2.75, 3.05) is 6.54 Å². The van der Waals surface area contributed by atoms with Crippen LogP contribution in [0.4, 0.5) is 4.39 Å². The molecule has 134 valence electrons. The molecule has 0 saturated heterocycles. The average molecular weight is 373 g/mol. The van der Waals surface area contributed by atoms with E-state index in [2.05, 4.69) is 5.32 Å². The van der Waals surface area contributed by atoms with E-state index >= 15 is 0 Å². The summed E-state index contributed by atoms with van der Waals surface area (Å²) in [5.41, 5.74) is -0.150. The molecule has 0 aliphatic carbocycles. The summed E-state index contributed by atoms with van der Waals surface area (Å²) in [6.45, 7) is -0.252. The Balaban J connectivity index is 1.87. The van der Waals surface area contributed by atoms with Crippen LogP contribution in [0.15, 0.2) is 82.3 Å². The zero-order chi connectivity index (χ0) is 18.6. The third-order valence-electron chi connectivity index (χ3n) is 3.87. The number of sulfone groups is 1. The Morgan fingerprint density at radius 1 is 1.00 bits per heavy atom. The highest BCUT2D eigenvalue weighted by Crippen LogP contribution is 2.28. The van der Waals surface area contributed by atoms with E-state index in [1.54, 1.807) is 24.3 Å². The molecule has 1 N–H and O–H groups in total. The molecule has 3 aromatic rings. The van der Waals surface area contributed by atoms with Crippen molar-refractivity contribution in [1.82, 2.24) is 5.32 Å². The monoisotopic (exact) mass is 373 g/mol. The van der Waals surface area contributed by atoms with Gasteiger partial charge in [-0.15, -0.1) is 0 Å². The minimum atomic E-state index is -3.81. The van der Waals surface area contributed by atoms with Crippen LogP contribution in [0.5, 0.6) is 0 Å². The van der Waals surface area contributed by atoms with E-state index in [1.807, 2.05) is 0 Å². The van der Waals surface area contributed by atoms with Gasteiger partial charge in [0.05, 0.1) is 16.7 Å². The Morgan fingerprint density at radius 3 is 2.35 bits per heavy atom. The molecule has 2 aromatic carbocycles. The second-order valence-electron chi connectivity index (χ2n) is 5.55. The number of hydrogen-bond donors (Lipinski definition) is 1. The molecule has 26 heavy (non-hydrogen) atoms. The fourth-order valence-corrected chi connectivity index (χ4v) is 4.15. The number of halogens is 1. The zero-order valence-electron chi connectivity index (χ0n) is 13.6. The van der Waals surface area contributed by atoms with Crippen molar-refractivity contribution in [3.63, 3.8) is 0 Å². The van der Waals surface area contributed by atoms with Gasteiger partial charge in [0.15, 0.2) is 9.84 Å². The van der Waals surface area contributed by atoms with Gasteiger partial charge in [0.25, 0.3) is 5.91 Å². The van der Waals surface area contributed by atoms with Crippen LogP contribution in [0.2, 0.25) is 0 Å². The maximum Gasteiger partial charge on any atom is 0.254 e. The first-order valence-electron chi connectivity index (χ1n) is 7.85. The summed E-state index contributed by atoms with van der Waals surface area (Å²) in [6, 6.07) is 16.5. The summed E-state index contributed by atoms with van der Waals surface area (Å²) >= 11 is 0. The molecule has 7 heteroatoms. The van der Waals surface area contributed by atoms with Crippen LogP contribution in [0.25, 0.3) is 0 Å². The van der Waals surface area contributed by atoms with E-state index in [4.69, 9.17) is 4.42 Å². The summed E-state index contributed by atoms with van der Waals surface area (Å²) in [7, 11) is -3.81. The van der Waals surface area contributed by atoms with Crippen LogP contribution in [0.1, 0.15) is 21.4 Å². The van der Waals surface area contributed by atoms with E-state index in [9.17, 15) is 17.6 Å². The number of amides is 1. The van der Waals surface area contributed by atoms with E-state index in [0.29, 0.717) is 0 Å². The first-order valence-corrected chi connectivity index (χ1v) is 9.40. The number of furan rings is 1. The molecule has 0 spiro atoms. The van der Waals surface area contributed by atoms with Crippen molar-refractivity contribution in [2.45, 2.75) is 10.1 Å². The molecule has 0 saturated carbocycles. The molecule has 1 atom stereocenters. The van der Waals surface area contributed by atoms with Crippen molar-refractivity contribution in [3.8, 4) is 0 Å². The van der Waals surface area contributed by atoms with Crippen molar-refractivity contribution < 1.29 is 22.0 Å². The van der Waals surface area contributed by atoms with Crippen LogP contribution < -0.4 is 5.32 Å². The molecular formula is C19H16FNO4S. The van der Waals surface area contributed by atoms with Crippen molar-refractivity contribution in [1.29, 1.82) is 0 Å². The van der Waals surface area contributed by atoms with Crippen LogP contribution >= 0.6 is 0 Å². The Morgan fingerprint density at radius 2 is 1.69 bits per heavy atom. The highest BCUT2D eigenvalue weighted by molar-refractivity contribution is 7.91. The Kier molecular flexibility index (Phi) is 5.18. The van der Waals surface area contributed by atoms with Gasteiger partial charge in [-0.1, -0.05) is 30.3 Å². The zero-order valence-corrected chi connectivity index (χ0v) is 14.4. The van der Waals surface area contributed by atoms with Gasteiger partial charge in [-0.3, -0.25) is 4.79 Å². The van der Waals surface area contributed by atoms with Gasteiger partial charge in [-0.2, -0.15) is 0 Å². The number of carbonyl (C=O) groups excluding carboxylic acids is 1. The summed E-state index contributed by atoms with van der Waals surface area (Å²) in [6.07, 6.45) is 1.36. The number of hydrogen-bond acceptors (Lipinski definition) is 4. The Bertz CT molecular complexity index is 985. The predicted octanol–water partition coefficient (Wildman–Crippen LogP) is 3.36. The van der Waals surface area contributed by atoms with Crippen molar-refractivity contribution in [3.05, 3.63) is 90.1 Å². The smallest absolute Gasteiger partial charge is 0.254 e. The van der Waals surface area contributed by atoms with Gasteiger partial charge in [-0.25, -0.2) is 12.8 Å². The number of rotatable bonds is 6. The van der Waals surface area contributed by atoms with Gasteiger partial charge in [0, 0.05) is 6.54 Å². The lowest BCUT2D eigenvalue weighted by Gasteiger charge is -2.17. The average Bonchev–Trinajstić information content (AvgIpc) is 3.17. The number of benzene rings is 2. The van der Waals surface area contributed by atoms with Gasteiger partial charge in [0.2, 0.25) is 0 Å². The van der Waals surface area contributed by atoms with Crippen LogP contribution in [-0.4, -0.2) is 20.9 Å². The minimum absolute atomic E-state index is 0.113.